The van der Waals surface area contributed by atoms with Crippen LogP contribution in [0.4, 0.5) is 29.1 Å². The van der Waals surface area contributed by atoms with Crippen LogP contribution >= 0.6 is 11.6 Å². The molecule has 4 aromatic rings. The molecule has 2 aliphatic carbocycles. The fraction of sp³-hybridized carbons (Fsp3) is 0.564. The van der Waals surface area contributed by atoms with Gasteiger partial charge in [-0.1, -0.05) is 59.1 Å². The summed E-state index contributed by atoms with van der Waals surface area (Å²) in [6.07, 6.45) is 12.8. The maximum absolute atomic E-state index is 13.5. The number of benzene rings is 2. The van der Waals surface area contributed by atoms with Crippen molar-refractivity contribution in [3.05, 3.63) is 76.7 Å². The number of ether oxygens (including phenoxy) is 2. The van der Waals surface area contributed by atoms with Crippen molar-refractivity contribution in [2.75, 3.05) is 93.1 Å². The van der Waals surface area contributed by atoms with Crippen LogP contribution in [0.15, 0.2) is 55.0 Å². The van der Waals surface area contributed by atoms with Gasteiger partial charge in [-0.15, -0.1) is 0 Å². The number of rotatable bonds is 17. The number of hydrogen-bond donors (Lipinski definition) is 3. The molecule has 74 heavy (non-hydrogen) atoms. The summed E-state index contributed by atoms with van der Waals surface area (Å²) in [5.41, 5.74) is 1.92. The summed E-state index contributed by atoms with van der Waals surface area (Å²) in [5, 5.41) is 19.2. The first-order chi connectivity index (χ1) is 35.6. The highest BCUT2D eigenvalue weighted by atomic mass is 35.5. The van der Waals surface area contributed by atoms with Crippen molar-refractivity contribution in [1.82, 2.24) is 40.4 Å². The Morgan fingerprint density at radius 1 is 0.878 bits per heavy atom. The summed E-state index contributed by atoms with van der Waals surface area (Å²) in [5.74, 6) is 3.22. The molecular formula is C55H72ClN13O5. The van der Waals surface area contributed by atoms with Crippen LogP contribution in [0.3, 0.4) is 0 Å². The van der Waals surface area contributed by atoms with E-state index in [1.165, 1.54) is 0 Å². The zero-order valence-electron chi connectivity index (χ0n) is 44.0. The molecule has 3 N–H and O–H groups in total. The van der Waals surface area contributed by atoms with Gasteiger partial charge in [-0.05, 0) is 81.3 Å². The number of fused-ring (bicyclic) bond motifs is 1. The quantitative estimate of drug-likeness (QED) is 0.0890. The number of aromatic nitrogens is 4. The maximum Gasteiger partial charge on any atom is 0.254 e. The van der Waals surface area contributed by atoms with E-state index in [2.05, 4.69) is 91.2 Å². The summed E-state index contributed by atoms with van der Waals surface area (Å²) in [6, 6.07) is 12.3. The SMILES string of the molecule is CC[C@@H]1C(=O)N(C)c2cnc(Nc3ccc(C(=O)NCCCN4CCN(CC5CCN(c6ncc(C(=O)NC7C(C)(C)C(Oc8ccc(C#N)c(Cl)c8)C7(C)C)cn6)CC5)CC4)cc3OC)nc2N1C1CCCC1. The van der Waals surface area contributed by atoms with Gasteiger partial charge in [0.2, 0.25) is 17.8 Å². The van der Waals surface area contributed by atoms with Crippen LogP contribution in [0.5, 0.6) is 11.5 Å². The summed E-state index contributed by atoms with van der Waals surface area (Å²) in [6.45, 7) is 18.8. The van der Waals surface area contributed by atoms with Gasteiger partial charge in [0.1, 0.15) is 35.4 Å². The Morgan fingerprint density at radius 2 is 1.58 bits per heavy atom. The van der Waals surface area contributed by atoms with Crippen molar-refractivity contribution in [1.29, 1.82) is 5.26 Å². The van der Waals surface area contributed by atoms with Crippen molar-refractivity contribution < 1.29 is 23.9 Å². The van der Waals surface area contributed by atoms with Crippen molar-refractivity contribution in [2.24, 2.45) is 16.7 Å². The van der Waals surface area contributed by atoms with Crippen LogP contribution in [0.1, 0.15) is 112 Å². The molecule has 3 aliphatic heterocycles. The van der Waals surface area contributed by atoms with E-state index in [-0.39, 0.29) is 52.8 Å². The highest BCUT2D eigenvalue weighted by molar-refractivity contribution is 6.31. The Hall–Kier alpha value is -6.29. The molecule has 0 radical (unpaired) electrons. The summed E-state index contributed by atoms with van der Waals surface area (Å²) < 4.78 is 12.1. The van der Waals surface area contributed by atoms with E-state index in [4.69, 9.17) is 26.1 Å². The third-order valence-corrected chi connectivity index (χ3v) is 16.6. The summed E-state index contributed by atoms with van der Waals surface area (Å²) in [7, 11) is 3.38. The number of carbonyl (C=O) groups excluding carboxylic acids is 3. The van der Waals surface area contributed by atoms with Gasteiger partial charge in [-0.25, -0.2) is 15.0 Å². The standard InChI is InChI=1S/C55H72ClN13O5/c1-8-43-49(72)65(6)44-33-59-52(63-46(44)69(43)39-12-9-10-13-39)62-42-17-15-36(28-45(42)73-7)47(70)58-20-11-21-66-24-26-67(27-25-66)34-35-18-22-68(23-19-35)53-60-31-38(32-61-53)48(71)64-50-54(2,3)51(55(50,4)5)74-40-16-14-37(30-57)41(56)29-40/h14-17,28-29,31-33,35,39,43,50-51H,8-13,18-27,34H2,1-7H3,(H,58,70)(H,64,71)(H,59,62,63)/t43-,50?,51?/m1/s1. The third-order valence-electron chi connectivity index (χ3n) is 16.3. The lowest BCUT2D eigenvalue weighted by Gasteiger charge is -2.63. The van der Waals surface area contributed by atoms with Crippen molar-refractivity contribution >= 4 is 58.4 Å². The third kappa shape index (κ3) is 10.9. The number of halogens is 1. The molecule has 9 rings (SSSR count). The number of piperidine rings is 1. The number of carbonyl (C=O) groups is 3. The Balaban J connectivity index is 0.673. The lowest BCUT2D eigenvalue weighted by Crippen LogP contribution is -2.74. The van der Waals surface area contributed by atoms with Crippen LogP contribution in [0, 0.1) is 28.1 Å². The van der Waals surface area contributed by atoms with Gasteiger partial charge in [0.25, 0.3) is 11.8 Å². The number of methoxy groups -OCH3 is 1. The Kier molecular flexibility index (Phi) is 15.8. The van der Waals surface area contributed by atoms with Crippen LogP contribution in [0.25, 0.3) is 0 Å². The zero-order valence-corrected chi connectivity index (χ0v) is 44.8. The minimum Gasteiger partial charge on any atom is -0.495 e. The van der Waals surface area contributed by atoms with Gasteiger partial charge in [0, 0.05) is 106 Å². The first-order valence-electron chi connectivity index (χ1n) is 26.4. The summed E-state index contributed by atoms with van der Waals surface area (Å²) >= 11 is 6.27. The number of nitriles is 1. The molecule has 3 amide bonds. The monoisotopic (exact) mass is 1030 g/mol. The fourth-order valence-corrected chi connectivity index (χ4v) is 12.6. The van der Waals surface area contributed by atoms with Gasteiger partial charge in [0.05, 0.1) is 35.1 Å². The molecule has 0 bridgehead atoms. The second-order valence-corrected chi connectivity index (χ2v) is 22.3. The number of nitrogens with zero attached hydrogens (tertiary/aromatic N) is 10. The second kappa shape index (κ2) is 22.3. The van der Waals surface area contributed by atoms with Gasteiger partial charge in [-0.3, -0.25) is 14.4 Å². The number of piperazine rings is 1. The molecule has 0 spiro atoms. The lowest BCUT2D eigenvalue weighted by molar-refractivity contribution is -0.164. The molecule has 1 atom stereocenters. The number of nitrogens with one attached hydrogen (secondary N) is 3. The molecule has 5 heterocycles. The molecule has 19 heteroatoms. The molecule has 4 fully saturated rings. The smallest absolute Gasteiger partial charge is 0.254 e. The van der Waals surface area contributed by atoms with E-state index in [1.807, 2.05) is 6.07 Å². The van der Waals surface area contributed by atoms with E-state index in [1.54, 1.807) is 68.0 Å². The molecular weight excluding hydrogens is 958 g/mol. The van der Waals surface area contributed by atoms with E-state index < -0.39 is 0 Å². The highest BCUT2D eigenvalue weighted by Crippen LogP contribution is 2.55. The fourth-order valence-electron chi connectivity index (χ4n) is 12.4. The summed E-state index contributed by atoms with van der Waals surface area (Å²) in [4.78, 5) is 70.1. The van der Waals surface area contributed by atoms with Crippen LogP contribution in [-0.2, 0) is 4.79 Å². The minimum atomic E-state index is -0.381. The predicted molar refractivity (Wildman–Crippen MR) is 287 cm³/mol. The van der Waals surface area contributed by atoms with E-state index in [0.717, 1.165) is 103 Å². The van der Waals surface area contributed by atoms with Crippen molar-refractivity contribution in [2.45, 2.75) is 110 Å². The molecule has 2 aromatic carbocycles. The molecule has 18 nitrogen and oxygen atoms in total. The normalized spacial score (nSPS) is 22.1. The van der Waals surface area contributed by atoms with E-state index in [0.29, 0.717) is 75.4 Å². The predicted octanol–water partition coefficient (Wildman–Crippen LogP) is 7.31. The van der Waals surface area contributed by atoms with Gasteiger partial charge < -0.3 is 49.9 Å². The highest BCUT2D eigenvalue weighted by Gasteiger charge is 2.64. The molecule has 2 aromatic heterocycles. The van der Waals surface area contributed by atoms with Gasteiger partial charge in [-0.2, -0.15) is 10.2 Å². The Morgan fingerprint density at radius 3 is 2.24 bits per heavy atom. The van der Waals surface area contributed by atoms with Crippen molar-refractivity contribution in [3.8, 4) is 17.6 Å². The number of hydrogen-bond acceptors (Lipinski definition) is 15. The molecule has 2 saturated heterocycles. The molecule has 0 unspecified atom stereocenters. The topological polar surface area (TPSA) is 197 Å². The average molecular weight is 1030 g/mol. The molecule has 2 saturated carbocycles. The lowest BCUT2D eigenvalue weighted by atomic mass is 9.49. The Labute approximate surface area is 440 Å². The number of amides is 3. The maximum atomic E-state index is 13.5. The van der Waals surface area contributed by atoms with Gasteiger partial charge >= 0.3 is 0 Å². The zero-order chi connectivity index (χ0) is 52.3. The minimum absolute atomic E-state index is 0.0738. The van der Waals surface area contributed by atoms with E-state index in [9.17, 15) is 19.6 Å². The number of likely N-dealkylation sites (N-methyl/N-ethyl adjacent to an activating group) is 1. The van der Waals surface area contributed by atoms with Gasteiger partial charge in [0.15, 0.2) is 5.82 Å². The first kappa shape index (κ1) is 52.6. The van der Waals surface area contributed by atoms with Crippen LogP contribution < -0.4 is 40.1 Å². The average Bonchev–Trinajstić information content (AvgIpc) is 3.97. The second-order valence-electron chi connectivity index (χ2n) is 21.9. The number of anilines is 5. The largest absolute Gasteiger partial charge is 0.495 e. The van der Waals surface area contributed by atoms with Crippen LogP contribution in [0.2, 0.25) is 5.02 Å². The van der Waals surface area contributed by atoms with Crippen LogP contribution in [-0.4, -0.2) is 145 Å². The molecule has 5 aliphatic rings. The van der Waals surface area contributed by atoms with Crippen molar-refractivity contribution in [3.63, 3.8) is 0 Å². The first-order valence-corrected chi connectivity index (χ1v) is 26.8. The van der Waals surface area contributed by atoms with E-state index >= 15 is 0 Å². The Bertz CT molecular complexity index is 2700. The molecule has 394 valence electrons.